The fourth-order valence-electron chi connectivity index (χ4n) is 1.62. The molecule has 0 radical (unpaired) electrons. The van der Waals surface area contributed by atoms with Crippen molar-refractivity contribution in [2.24, 2.45) is 0 Å². The number of nitrogens with zero attached hydrogens (tertiary/aromatic N) is 1. The van der Waals surface area contributed by atoms with Gasteiger partial charge in [-0.15, -0.1) is 11.6 Å². The van der Waals surface area contributed by atoms with Gasteiger partial charge in [0, 0.05) is 12.4 Å². The molecule has 18 heavy (non-hydrogen) atoms. The molecular formula is C13H13ClN2O2. The van der Waals surface area contributed by atoms with Crippen molar-refractivity contribution in [1.82, 2.24) is 10.5 Å². The van der Waals surface area contributed by atoms with E-state index in [0.29, 0.717) is 23.7 Å². The molecule has 1 heterocycles. The molecule has 0 atom stereocenters. The second-order valence-electron chi connectivity index (χ2n) is 3.93. The van der Waals surface area contributed by atoms with Gasteiger partial charge in [0.05, 0.1) is 6.20 Å². The number of carbonyl (C=O) groups is 1. The Morgan fingerprint density at radius 3 is 2.89 bits per heavy atom. The minimum absolute atomic E-state index is 0.190. The third kappa shape index (κ3) is 2.90. The van der Waals surface area contributed by atoms with Gasteiger partial charge in [0.2, 0.25) is 0 Å². The van der Waals surface area contributed by atoms with E-state index in [1.165, 1.54) is 6.20 Å². The second kappa shape index (κ2) is 5.69. The van der Waals surface area contributed by atoms with Crippen LogP contribution in [0.5, 0.6) is 0 Å². The summed E-state index contributed by atoms with van der Waals surface area (Å²) in [5, 5.41) is 6.38. The zero-order valence-corrected chi connectivity index (χ0v) is 10.7. The second-order valence-corrected chi connectivity index (χ2v) is 4.20. The predicted molar refractivity (Wildman–Crippen MR) is 68.4 cm³/mol. The van der Waals surface area contributed by atoms with Gasteiger partial charge in [-0.2, -0.15) is 0 Å². The first-order valence-corrected chi connectivity index (χ1v) is 6.07. The maximum absolute atomic E-state index is 11.8. The summed E-state index contributed by atoms with van der Waals surface area (Å²) < 4.78 is 4.85. The maximum atomic E-state index is 11.8. The lowest BCUT2D eigenvalue weighted by molar-refractivity contribution is 0.0949. The molecule has 0 unspecified atom stereocenters. The number of alkyl halides is 1. The van der Waals surface area contributed by atoms with Crippen molar-refractivity contribution in [2.45, 2.75) is 19.3 Å². The molecule has 0 aliphatic heterocycles. The van der Waals surface area contributed by atoms with Crippen LogP contribution < -0.4 is 5.32 Å². The molecule has 1 aromatic carbocycles. The molecule has 2 rings (SSSR count). The van der Waals surface area contributed by atoms with E-state index in [1.807, 2.05) is 24.3 Å². The Morgan fingerprint density at radius 1 is 1.44 bits per heavy atom. The number of hydrogen-bond acceptors (Lipinski definition) is 3. The molecule has 0 bridgehead atoms. The zero-order chi connectivity index (χ0) is 13.0. The van der Waals surface area contributed by atoms with E-state index in [0.717, 1.165) is 11.1 Å². The quantitative estimate of drug-likeness (QED) is 0.864. The summed E-state index contributed by atoms with van der Waals surface area (Å²) in [5.41, 5.74) is 2.50. The van der Waals surface area contributed by atoms with Crippen LogP contribution in [0.1, 0.15) is 27.2 Å². The number of rotatable bonds is 4. The number of aromatic nitrogens is 1. The summed E-state index contributed by atoms with van der Waals surface area (Å²) in [6, 6.07) is 7.77. The summed E-state index contributed by atoms with van der Waals surface area (Å²) in [5.74, 6) is 0.791. The minimum Gasteiger partial charge on any atom is -0.361 e. The van der Waals surface area contributed by atoms with Crippen molar-refractivity contribution in [3.63, 3.8) is 0 Å². The molecule has 0 aliphatic rings. The summed E-state index contributed by atoms with van der Waals surface area (Å²) in [4.78, 5) is 11.8. The van der Waals surface area contributed by atoms with Crippen LogP contribution in [-0.2, 0) is 12.4 Å². The lowest BCUT2D eigenvalue weighted by atomic mass is 10.1. The van der Waals surface area contributed by atoms with Gasteiger partial charge in [0.25, 0.3) is 5.91 Å². The number of carbonyl (C=O) groups excluding carboxylic acids is 1. The van der Waals surface area contributed by atoms with E-state index < -0.39 is 0 Å². The van der Waals surface area contributed by atoms with E-state index in [2.05, 4.69) is 10.5 Å². The Bertz CT molecular complexity index is 551. The van der Waals surface area contributed by atoms with Crippen molar-refractivity contribution in [1.29, 1.82) is 0 Å². The van der Waals surface area contributed by atoms with Crippen molar-refractivity contribution < 1.29 is 9.32 Å². The summed E-state index contributed by atoms with van der Waals surface area (Å²) in [7, 11) is 0. The number of benzene rings is 1. The van der Waals surface area contributed by atoms with Crippen LogP contribution in [0.15, 0.2) is 35.0 Å². The van der Waals surface area contributed by atoms with Crippen LogP contribution in [0.2, 0.25) is 0 Å². The lowest BCUT2D eigenvalue weighted by Gasteiger charge is -2.05. The van der Waals surface area contributed by atoms with E-state index in [1.54, 1.807) is 6.92 Å². The smallest absolute Gasteiger partial charge is 0.256 e. The molecule has 1 amide bonds. The number of aryl methyl sites for hydroxylation is 1. The molecule has 2 aromatic rings. The van der Waals surface area contributed by atoms with Crippen LogP contribution in [0.4, 0.5) is 0 Å². The molecule has 5 heteroatoms. The zero-order valence-electron chi connectivity index (χ0n) is 9.94. The number of amides is 1. The van der Waals surface area contributed by atoms with E-state index in [-0.39, 0.29) is 5.91 Å². The highest BCUT2D eigenvalue weighted by molar-refractivity contribution is 6.17. The van der Waals surface area contributed by atoms with Crippen LogP contribution in [0, 0.1) is 6.92 Å². The van der Waals surface area contributed by atoms with Crippen molar-refractivity contribution in [3.8, 4) is 0 Å². The largest absolute Gasteiger partial charge is 0.361 e. The standard InChI is InChI=1S/C13H13ClN2O2/c1-9-12(8-16-18-9)13(17)15-7-11-4-2-3-10(5-11)6-14/h2-5,8H,6-7H2,1H3,(H,15,17). The van der Waals surface area contributed by atoms with Crippen LogP contribution >= 0.6 is 11.6 Å². The molecule has 0 fully saturated rings. The highest BCUT2D eigenvalue weighted by Crippen LogP contribution is 2.09. The van der Waals surface area contributed by atoms with Gasteiger partial charge in [-0.1, -0.05) is 29.4 Å². The molecule has 1 aromatic heterocycles. The predicted octanol–water partition coefficient (Wildman–Crippen LogP) is 2.65. The first kappa shape index (κ1) is 12.6. The van der Waals surface area contributed by atoms with Crippen molar-refractivity contribution in [3.05, 3.63) is 52.9 Å². The topological polar surface area (TPSA) is 55.1 Å². The maximum Gasteiger partial charge on any atom is 0.256 e. The molecule has 0 spiro atoms. The Kier molecular flexibility index (Phi) is 3.99. The first-order valence-electron chi connectivity index (χ1n) is 5.54. The molecule has 0 saturated heterocycles. The number of nitrogens with one attached hydrogen (secondary N) is 1. The third-order valence-electron chi connectivity index (χ3n) is 2.59. The molecule has 0 aliphatic carbocycles. The van der Waals surface area contributed by atoms with Gasteiger partial charge in [-0.25, -0.2) is 0 Å². The molecular weight excluding hydrogens is 252 g/mol. The normalized spacial score (nSPS) is 10.3. The van der Waals surface area contributed by atoms with Gasteiger partial charge in [0.15, 0.2) is 0 Å². The van der Waals surface area contributed by atoms with Gasteiger partial charge in [-0.3, -0.25) is 4.79 Å². The SMILES string of the molecule is Cc1oncc1C(=O)NCc1cccc(CCl)c1. The summed E-state index contributed by atoms with van der Waals surface area (Å²) in [6.45, 7) is 2.16. The van der Waals surface area contributed by atoms with Gasteiger partial charge < -0.3 is 9.84 Å². The fraction of sp³-hybridized carbons (Fsp3) is 0.231. The Morgan fingerprint density at radius 2 is 2.22 bits per heavy atom. The van der Waals surface area contributed by atoms with Crippen molar-refractivity contribution >= 4 is 17.5 Å². The van der Waals surface area contributed by atoms with Gasteiger partial charge in [0.1, 0.15) is 11.3 Å². The van der Waals surface area contributed by atoms with Gasteiger partial charge in [-0.05, 0) is 18.1 Å². The number of hydrogen-bond donors (Lipinski definition) is 1. The first-order chi connectivity index (χ1) is 8.70. The molecule has 0 saturated carbocycles. The highest BCUT2D eigenvalue weighted by atomic mass is 35.5. The average molecular weight is 265 g/mol. The Balaban J connectivity index is 1.99. The molecule has 4 nitrogen and oxygen atoms in total. The van der Waals surface area contributed by atoms with E-state index in [4.69, 9.17) is 16.1 Å². The number of halogens is 1. The van der Waals surface area contributed by atoms with Crippen LogP contribution in [0.25, 0.3) is 0 Å². The Hall–Kier alpha value is -1.81. The average Bonchev–Trinajstić information content (AvgIpc) is 2.82. The monoisotopic (exact) mass is 264 g/mol. The van der Waals surface area contributed by atoms with Crippen LogP contribution in [-0.4, -0.2) is 11.1 Å². The molecule has 1 N–H and O–H groups in total. The highest BCUT2D eigenvalue weighted by Gasteiger charge is 2.12. The summed E-state index contributed by atoms with van der Waals surface area (Å²) >= 11 is 5.76. The Labute approximate surface area is 110 Å². The molecule has 94 valence electrons. The van der Waals surface area contributed by atoms with Crippen molar-refractivity contribution in [2.75, 3.05) is 0 Å². The van der Waals surface area contributed by atoms with Crippen LogP contribution in [0.3, 0.4) is 0 Å². The minimum atomic E-state index is -0.190. The summed E-state index contributed by atoms with van der Waals surface area (Å²) in [6.07, 6.45) is 1.42. The van der Waals surface area contributed by atoms with Gasteiger partial charge >= 0.3 is 0 Å². The third-order valence-corrected chi connectivity index (χ3v) is 2.90. The fourth-order valence-corrected chi connectivity index (χ4v) is 1.78. The van der Waals surface area contributed by atoms with E-state index in [9.17, 15) is 4.79 Å². The lowest BCUT2D eigenvalue weighted by Crippen LogP contribution is -2.23. The van der Waals surface area contributed by atoms with E-state index >= 15 is 0 Å².